The van der Waals surface area contributed by atoms with E-state index in [9.17, 15) is 13.5 Å². The number of nitrogens with zero attached hydrogens (tertiary/aromatic N) is 1. The summed E-state index contributed by atoms with van der Waals surface area (Å²) in [5, 5.41) is 10.5. The van der Waals surface area contributed by atoms with Crippen LogP contribution in [0.2, 0.25) is 0 Å². The van der Waals surface area contributed by atoms with Crippen molar-refractivity contribution >= 4 is 25.8 Å². The van der Waals surface area contributed by atoms with Gasteiger partial charge in [0.15, 0.2) is 14.5 Å². The van der Waals surface area contributed by atoms with Gasteiger partial charge in [0, 0.05) is 12.6 Å². The summed E-state index contributed by atoms with van der Waals surface area (Å²) in [5.41, 5.74) is 2.32. The Morgan fingerprint density at radius 1 is 1.29 bits per heavy atom. The van der Waals surface area contributed by atoms with Crippen molar-refractivity contribution in [3.05, 3.63) is 51.9 Å². The van der Waals surface area contributed by atoms with Gasteiger partial charge in [-0.05, 0) is 71.6 Å². The number of aliphatic hydroxyl groups excluding tert-OH is 1. The molecule has 0 radical (unpaired) electrons. The first-order chi connectivity index (χ1) is 13.2. The molecule has 2 atom stereocenters. The number of aliphatic hydroxyl groups is 1. The van der Waals surface area contributed by atoms with E-state index in [2.05, 4.69) is 15.9 Å². The fourth-order valence-electron chi connectivity index (χ4n) is 3.36. The van der Waals surface area contributed by atoms with Crippen LogP contribution >= 0.6 is 15.9 Å². The summed E-state index contributed by atoms with van der Waals surface area (Å²) in [6.07, 6.45) is -0.182. The number of sulfone groups is 1. The number of furan rings is 1. The molecule has 2 unspecified atom stereocenters. The van der Waals surface area contributed by atoms with Crippen molar-refractivity contribution < 1.29 is 22.7 Å². The van der Waals surface area contributed by atoms with E-state index in [1.807, 2.05) is 43.0 Å². The maximum Gasteiger partial charge on any atom is 0.169 e. The molecular formula is C20H26BrNO5S. The summed E-state index contributed by atoms with van der Waals surface area (Å²) < 4.78 is 35.8. The average molecular weight is 472 g/mol. The maximum atomic E-state index is 11.9. The van der Waals surface area contributed by atoms with Gasteiger partial charge in [-0.1, -0.05) is 6.07 Å². The van der Waals surface area contributed by atoms with Gasteiger partial charge < -0.3 is 14.3 Å². The average Bonchev–Trinajstić information content (AvgIpc) is 3.20. The van der Waals surface area contributed by atoms with Crippen molar-refractivity contribution in [3.8, 4) is 5.75 Å². The zero-order valence-corrected chi connectivity index (χ0v) is 18.5. The van der Waals surface area contributed by atoms with E-state index < -0.39 is 15.9 Å². The van der Waals surface area contributed by atoms with Crippen LogP contribution in [0.1, 0.15) is 23.3 Å². The lowest BCUT2D eigenvalue weighted by Crippen LogP contribution is -2.42. The lowest BCUT2D eigenvalue weighted by Gasteiger charge is -2.29. The molecule has 3 rings (SSSR count). The molecule has 8 heteroatoms. The molecule has 1 N–H and O–H groups in total. The van der Waals surface area contributed by atoms with Gasteiger partial charge in [-0.3, -0.25) is 4.90 Å². The first kappa shape index (κ1) is 21.4. The molecule has 1 saturated heterocycles. The number of benzene rings is 1. The number of hydrogen-bond acceptors (Lipinski definition) is 6. The van der Waals surface area contributed by atoms with Crippen molar-refractivity contribution in [1.82, 2.24) is 4.90 Å². The van der Waals surface area contributed by atoms with E-state index in [0.717, 1.165) is 11.3 Å². The van der Waals surface area contributed by atoms with E-state index in [-0.39, 0.29) is 24.2 Å². The Labute approximate surface area is 174 Å². The standard InChI is InChI=1S/C20H26BrNO5S/c1-14-3-4-18(9-15(14)2)26-12-17(23)10-22(11-19-5-6-20(21)27-19)16-7-8-28(24,25)13-16/h3-6,9,16-17,23H,7-8,10-13H2,1-2H3. The molecule has 1 fully saturated rings. The van der Waals surface area contributed by atoms with Gasteiger partial charge >= 0.3 is 0 Å². The van der Waals surface area contributed by atoms with Crippen molar-refractivity contribution in [2.75, 3.05) is 24.7 Å². The van der Waals surface area contributed by atoms with Gasteiger partial charge in [-0.15, -0.1) is 0 Å². The zero-order valence-electron chi connectivity index (χ0n) is 16.1. The fraction of sp³-hybridized carbons (Fsp3) is 0.500. The van der Waals surface area contributed by atoms with Crippen LogP contribution in [-0.2, 0) is 16.4 Å². The zero-order chi connectivity index (χ0) is 20.3. The topological polar surface area (TPSA) is 80.0 Å². The van der Waals surface area contributed by atoms with Crippen molar-refractivity contribution in [1.29, 1.82) is 0 Å². The second-order valence-electron chi connectivity index (χ2n) is 7.40. The van der Waals surface area contributed by atoms with Crippen LogP contribution in [0.15, 0.2) is 39.4 Å². The van der Waals surface area contributed by atoms with Crippen LogP contribution in [0.5, 0.6) is 5.75 Å². The van der Waals surface area contributed by atoms with E-state index in [1.165, 1.54) is 5.56 Å². The Bertz CT molecular complexity index is 911. The number of aryl methyl sites for hydroxylation is 2. The monoisotopic (exact) mass is 471 g/mol. The third-order valence-electron chi connectivity index (χ3n) is 5.08. The molecule has 28 heavy (non-hydrogen) atoms. The SMILES string of the molecule is Cc1ccc(OCC(O)CN(Cc2ccc(Br)o2)C2CCS(=O)(=O)C2)cc1C. The summed E-state index contributed by atoms with van der Waals surface area (Å²) in [5.74, 6) is 1.73. The van der Waals surface area contributed by atoms with Crippen LogP contribution in [0.3, 0.4) is 0 Å². The Balaban J connectivity index is 1.63. The highest BCUT2D eigenvalue weighted by Crippen LogP contribution is 2.23. The molecule has 0 amide bonds. The van der Waals surface area contributed by atoms with Crippen molar-refractivity contribution in [3.63, 3.8) is 0 Å². The fourth-order valence-corrected chi connectivity index (χ4v) is 5.46. The number of rotatable bonds is 8. The maximum absolute atomic E-state index is 11.9. The predicted octanol–water partition coefficient (Wildman–Crippen LogP) is 3.09. The number of ether oxygens (including phenoxy) is 1. The molecule has 1 aliphatic rings. The molecule has 0 bridgehead atoms. The van der Waals surface area contributed by atoms with Gasteiger partial charge in [0.05, 0.1) is 18.1 Å². The van der Waals surface area contributed by atoms with E-state index in [0.29, 0.717) is 29.9 Å². The summed E-state index contributed by atoms with van der Waals surface area (Å²) >= 11 is 3.29. The highest BCUT2D eigenvalue weighted by Gasteiger charge is 2.33. The second kappa shape index (κ2) is 8.98. The summed E-state index contributed by atoms with van der Waals surface area (Å²) in [7, 11) is -3.02. The Morgan fingerprint density at radius 2 is 2.07 bits per heavy atom. The number of halogens is 1. The van der Waals surface area contributed by atoms with Gasteiger partial charge in [-0.2, -0.15) is 0 Å². The molecule has 6 nitrogen and oxygen atoms in total. The summed E-state index contributed by atoms with van der Waals surface area (Å²) in [4.78, 5) is 1.98. The van der Waals surface area contributed by atoms with Gasteiger partial charge in [0.2, 0.25) is 0 Å². The normalized spacial score (nSPS) is 19.8. The van der Waals surface area contributed by atoms with Gasteiger partial charge in [-0.25, -0.2) is 8.42 Å². The lowest BCUT2D eigenvalue weighted by atomic mass is 10.1. The van der Waals surface area contributed by atoms with E-state index in [1.54, 1.807) is 6.07 Å². The van der Waals surface area contributed by atoms with Crippen molar-refractivity contribution in [2.24, 2.45) is 0 Å². The van der Waals surface area contributed by atoms with Crippen LogP contribution in [-0.4, -0.2) is 55.2 Å². The molecular weight excluding hydrogens is 446 g/mol. The Morgan fingerprint density at radius 3 is 2.68 bits per heavy atom. The minimum Gasteiger partial charge on any atom is -0.491 e. The molecule has 0 saturated carbocycles. The van der Waals surface area contributed by atoms with Gasteiger partial charge in [0.1, 0.15) is 24.2 Å². The molecule has 2 aromatic rings. The van der Waals surface area contributed by atoms with E-state index in [4.69, 9.17) is 9.15 Å². The van der Waals surface area contributed by atoms with Crippen LogP contribution in [0, 0.1) is 13.8 Å². The molecule has 0 spiro atoms. The molecule has 0 aliphatic carbocycles. The smallest absolute Gasteiger partial charge is 0.169 e. The molecule has 1 aromatic heterocycles. The summed E-state index contributed by atoms with van der Waals surface area (Å²) in [6.45, 7) is 4.94. The highest BCUT2D eigenvalue weighted by molar-refractivity contribution is 9.10. The Kier molecular flexibility index (Phi) is 6.85. The first-order valence-electron chi connectivity index (χ1n) is 9.28. The quantitative estimate of drug-likeness (QED) is 0.636. The molecule has 1 aromatic carbocycles. The third kappa shape index (κ3) is 5.83. The van der Waals surface area contributed by atoms with Gasteiger partial charge in [0.25, 0.3) is 0 Å². The lowest BCUT2D eigenvalue weighted by molar-refractivity contribution is 0.0496. The largest absolute Gasteiger partial charge is 0.491 e. The second-order valence-corrected chi connectivity index (χ2v) is 10.4. The molecule has 154 valence electrons. The Hall–Kier alpha value is -1.35. The minimum absolute atomic E-state index is 0.111. The molecule has 2 heterocycles. The summed E-state index contributed by atoms with van der Waals surface area (Å²) in [6, 6.07) is 9.34. The van der Waals surface area contributed by atoms with Crippen LogP contribution < -0.4 is 4.74 Å². The predicted molar refractivity (Wildman–Crippen MR) is 111 cm³/mol. The number of hydrogen-bond donors (Lipinski definition) is 1. The minimum atomic E-state index is -3.02. The van der Waals surface area contributed by atoms with Crippen LogP contribution in [0.25, 0.3) is 0 Å². The van der Waals surface area contributed by atoms with Crippen molar-refractivity contribution in [2.45, 2.75) is 39.0 Å². The molecule has 1 aliphatic heterocycles. The van der Waals surface area contributed by atoms with Crippen LogP contribution in [0.4, 0.5) is 0 Å². The highest BCUT2D eigenvalue weighted by atomic mass is 79.9. The third-order valence-corrected chi connectivity index (χ3v) is 7.26. The van der Waals surface area contributed by atoms with E-state index >= 15 is 0 Å². The first-order valence-corrected chi connectivity index (χ1v) is 11.9.